The Labute approximate surface area is 127 Å². The maximum absolute atomic E-state index is 6.20. The molecule has 0 spiro atoms. The van der Waals surface area contributed by atoms with Gasteiger partial charge < -0.3 is 10.5 Å². The molecule has 1 aromatic rings. The quantitative estimate of drug-likeness (QED) is 0.835. The Morgan fingerprint density at radius 1 is 1.35 bits per heavy atom. The summed E-state index contributed by atoms with van der Waals surface area (Å²) in [7, 11) is 0. The average molecular weight is 297 g/mol. The fraction of sp³-hybridized carbons (Fsp3) is 0.625. The lowest BCUT2D eigenvalue weighted by Crippen LogP contribution is -2.28. The molecular formula is C16H25ClN2O. The van der Waals surface area contributed by atoms with Crippen molar-refractivity contribution in [3.8, 4) is 5.75 Å². The van der Waals surface area contributed by atoms with Crippen molar-refractivity contribution < 1.29 is 4.74 Å². The van der Waals surface area contributed by atoms with Crippen LogP contribution in [-0.4, -0.2) is 31.1 Å². The molecule has 0 bridgehead atoms. The van der Waals surface area contributed by atoms with Gasteiger partial charge in [0.2, 0.25) is 0 Å². The second-order valence-corrected chi connectivity index (χ2v) is 5.80. The predicted molar refractivity (Wildman–Crippen MR) is 84.5 cm³/mol. The second-order valence-electron chi connectivity index (χ2n) is 5.37. The molecule has 1 aromatic carbocycles. The van der Waals surface area contributed by atoms with Gasteiger partial charge in [0, 0.05) is 16.6 Å². The molecule has 0 aliphatic carbocycles. The number of rotatable bonds is 7. The van der Waals surface area contributed by atoms with Gasteiger partial charge in [-0.25, -0.2) is 0 Å². The lowest BCUT2D eigenvalue weighted by molar-refractivity contribution is 0.225. The Kier molecular flexibility index (Phi) is 6.14. The van der Waals surface area contributed by atoms with Crippen LogP contribution in [0, 0.1) is 0 Å². The summed E-state index contributed by atoms with van der Waals surface area (Å²) in [5.74, 6) is 0.960. The first-order valence-corrected chi connectivity index (χ1v) is 8.00. The van der Waals surface area contributed by atoms with Gasteiger partial charge in [0.15, 0.2) is 0 Å². The van der Waals surface area contributed by atoms with E-state index in [9.17, 15) is 0 Å². The lowest BCUT2D eigenvalue weighted by Gasteiger charge is -2.29. The Hall–Kier alpha value is -0.770. The zero-order valence-corrected chi connectivity index (χ0v) is 13.0. The Morgan fingerprint density at radius 2 is 2.10 bits per heavy atom. The first kappa shape index (κ1) is 15.6. The fourth-order valence-corrected chi connectivity index (χ4v) is 3.05. The van der Waals surface area contributed by atoms with Gasteiger partial charge in [0.05, 0.1) is 6.61 Å². The minimum Gasteiger partial charge on any atom is -0.493 e. The molecule has 1 atom stereocenters. The molecule has 4 heteroatoms. The Bertz CT molecular complexity index is 419. The molecule has 20 heavy (non-hydrogen) atoms. The summed E-state index contributed by atoms with van der Waals surface area (Å²) in [6.45, 7) is 5.83. The van der Waals surface area contributed by atoms with E-state index in [-0.39, 0.29) is 0 Å². The standard InChI is InChI=1S/C16H25ClN2O/c1-2-11-20-16-6-5-13(17)12-14(16)15(7-8-18)19-9-3-4-10-19/h5-6,12,15H,2-4,7-11,18H2,1H3. The predicted octanol–water partition coefficient (Wildman–Crippen LogP) is 3.61. The van der Waals surface area contributed by atoms with Crippen molar-refractivity contribution in [1.29, 1.82) is 0 Å². The van der Waals surface area contributed by atoms with Crippen LogP contribution < -0.4 is 10.5 Å². The molecule has 112 valence electrons. The highest BCUT2D eigenvalue weighted by Crippen LogP contribution is 2.35. The van der Waals surface area contributed by atoms with Crippen LogP contribution in [0.25, 0.3) is 0 Å². The van der Waals surface area contributed by atoms with Crippen molar-refractivity contribution in [3.63, 3.8) is 0 Å². The van der Waals surface area contributed by atoms with Gasteiger partial charge in [-0.15, -0.1) is 0 Å². The number of likely N-dealkylation sites (tertiary alicyclic amines) is 1. The zero-order valence-electron chi connectivity index (χ0n) is 12.3. The molecule has 2 rings (SSSR count). The van der Waals surface area contributed by atoms with Crippen molar-refractivity contribution in [2.75, 3.05) is 26.2 Å². The Balaban J connectivity index is 2.26. The minimum atomic E-state index is 0.327. The van der Waals surface area contributed by atoms with Crippen LogP contribution in [0.3, 0.4) is 0 Å². The van der Waals surface area contributed by atoms with Crippen LogP contribution in [0.2, 0.25) is 5.02 Å². The maximum Gasteiger partial charge on any atom is 0.124 e. The van der Waals surface area contributed by atoms with Gasteiger partial charge in [-0.1, -0.05) is 18.5 Å². The molecule has 1 saturated heterocycles. The van der Waals surface area contributed by atoms with E-state index in [0.29, 0.717) is 12.6 Å². The zero-order chi connectivity index (χ0) is 14.4. The van der Waals surface area contributed by atoms with E-state index < -0.39 is 0 Å². The third-order valence-corrected chi connectivity index (χ3v) is 4.05. The molecule has 1 aliphatic heterocycles. The summed E-state index contributed by atoms with van der Waals surface area (Å²) >= 11 is 6.20. The van der Waals surface area contributed by atoms with Crippen LogP contribution in [-0.2, 0) is 0 Å². The van der Waals surface area contributed by atoms with E-state index in [1.165, 1.54) is 18.4 Å². The maximum atomic E-state index is 6.20. The molecular weight excluding hydrogens is 272 g/mol. The van der Waals surface area contributed by atoms with Gasteiger partial charge in [-0.2, -0.15) is 0 Å². The van der Waals surface area contributed by atoms with Gasteiger partial charge in [0.1, 0.15) is 5.75 Å². The van der Waals surface area contributed by atoms with Crippen molar-refractivity contribution in [2.45, 2.75) is 38.6 Å². The summed E-state index contributed by atoms with van der Waals surface area (Å²) in [6, 6.07) is 6.27. The second kappa shape index (κ2) is 7.87. The van der Waals surface area contributed by atoms with Crippen molar-refractivity contribution in [2.24, 2.45) is 5.73 Å². The van der Waals surface area contributed by atoms with E-state index in [2.05, 4.69) is 11.8 Å². The number of nitrogens with zero attached hydrogens (tertiary/aromatic N) is 1. The molecule has 0 saturated carbocycles. The average Bonchev–Trinajstić information content (AvgIpc) is 2.97. The minimum absolute atomic E-state index is 0.327. The third-order valence-electron chi connectivity index (χ3n) is 3.81. The summed E-state index contributed by atoms with van der Waals surface area (Å²) in [5, 5.41) is 0.769. The number of nitrogens with two attached hydrogens (primary N) is 1. The summed E-state index contributed by atoms with van der Waals surface area (Å²) in [6.07, 6.45) is 4.50. The first-order valence-electron chi connectivity index (χ1n) is 7.62. The van der Waals surface area contributed by atoms with E-state index in [1.54, 1.807) is 0 Å². The van der Waals surface area contributed by atoms with Crippen LogP contribution in [0.4, 0.5) is 0 Å². The van der Waals surface area contributed by atoms with Crippen LogP contribution in [0.1, 0.15) is 44.2 Å². The van der Waals surface area contributed by atoms with Crippen molar-refractivity contribution >= 4 is 11.6 Å². The summed E-state index contributed by atoms with van der Waals surface area (Å²) < 4.78 is 5.90. The molecule has 1 aliphatic rings. The number of hydrogen-bond acceptors (Lipinski definition) is 3. The number of benzene rings is 1. The third kappa shape index (κ3) is 3.87. The molecule has 1 unspecified atom stereocenters. The largest absolute Gasteiger partial charge is 0.493 e. The van der Waals surface area contributed by atoms with Crippen molar-refractivity contribution in [3.05, 3.63) is 28.8 Å². The van der Waals surface area contributed by atoms with Crippen LogP contribution in [0.5, 0.6) is 5.75 Å². The van der Waals surface area contributed by atoms with Gasteiger partial charge in [-0.05, 0) is 63.5 Å². The Morgan fingerprint density at radius 3 is 2.75 bits per heavy atom. The van der Waals surface area contributed by atoms with Gasteiger partial charge in [-0.3, -0.25) is 4.90 Å². The van der Waals surface area contributed by atoms with E-state index in [4.69, 9.17) is 22.1 Å². The molecule has 2 N–H and O–H groups in total. The molecule has 0 aromatic heterocycles. The van der Waals surface area contributed by atoms with E-state index >= 15 is 0 Å². The summed E-state index contributed by atoms with van der Waals surface area (Å²) in [5.41, 5.74) is 7.02. The normalized spacial score (nSPS) is 17.4. The molecule has 0 amide bonds. The molecule has 1 heterocycles. The smallest absolute Gasteiger partial charge is 0.124 e. The fourth-order valence-electron chi connectivity index (χ4n) is 2.87. The number of halogens is 1. The van der Waals surface area contributed by atoms with Crippen LogP contribution in [0.15, 0.2) is 18.2 Å². The topological polar surface area (TPSA) is 38.5 Å². The van der Waals surface area contributed by atoms with Crippen LogP contribution >= 0.6 is 11.6 Å². The number of ether oxygens (including phenoxy) is 1. The molecule has 0 radical (unpaired) electrons. The monoisotopic (exact) mass is 296 g/mol. The van der Waals surface area contributed by atoms with E-state index in [0.717, 1.165) is 43.3 Å². The highest BCUT2D eigenvalue weighted by atomic mass is 35.5. The highest BCUT2D eigenvalue weighted by Gasteiger charge is 2.25. The van der Waals surface area contributed by atoms with Gasteiger partial charge in [0.25, 0.3) is 0 Å². The van der Waals surface area contributed by atoms with E-state index in [1.807, 2.05) is 18.2 Å². The summed E-state index contributed by atoms with van der Waals surface area (Å²) in [4.78, 5) is 2.51. The first-order chi connectivity index (χ1) is 9.76. The number of hydrogen-bond donors (Lipinski definition) is 1. The molecule has 1 fully saturated rings. The SMILES string of the molecule is CCCOc1ccc(Cl)cc1C(CCN)N1CCCC1. The van der Waals surface area contributed by atoms with Gasteiger partial charge >= 0.3 is 0 Å². The highest BCUT2D eigenvalue weighted by molar-refractivity contribution is 6.30. The lowest BCUT2D eigenvalue weighted by atomic mass is 10.0. The van der Waals surface area contributed by atoms with Crippen molar-refractivity contribution in [1.82, 2.24) is 4.90 Å². The molecule has 3 nitrogen and oxygen atoms in total.